The monoisotopic (exact) mass is 358 g/mol. The Balaban J connectivity index is 2.26. The van der Waals surface area contributed by atoms with Gasteiger partial charge < -0.3 is 4.57 Å². The Morgan fingerprint density at radius 1 is 1.45 bits per heavy atom. The maximum Gasteiger partial charge on any atom is 0.139 e. The molecule has 2 aromatic rings. The first-order valence-corrected chi connectivity index (χ1v) is 8.37. The van der Waals surface area contributed by atoms with Crippen LogP contribution in [0.5, 0.6) is 0 Å². The van der Waals surface area contributed by atoms with Gasteiger partial charge in [0.1, 0.15) is 11.6 Å². The molecule has 1 saturated carbocycles. The molecule has 0 amide bonds. The molecule has 108 valence electrons. The number of hydrogen-bond acceptors (Lipinski definition) is 1. The average molecular weight is 360 g/mol. The summed E-state index contributed by atoms with van der Waals surface area (Å²) in [4.78, 5) is 4.62. The second-order valence-electron chi connectivity index (χ2n) is 5.49. The van der Waals surface area contributed by atoms with E-state index in [0.717, 1.165) is 29.7 Å². The molecule has 20 heavy (non-hydrogen) atoms. The van der Waals surface area contributed by atoms with Crippen LogP contribution >= 0.6 is 27.5 Å². The highest BCUT2D eigenvalue weighted by Crippen LogP contribution is 2.45. The molecule has 1 aromatic heterocycles. The van der Waals surface area contributed by atoms with Gasteiger partial charge in [-0.1, -0.05) is 6.92 Å². The van der Waals surface area contributed by atoms with Gasteiger partial charge in [0.2, 0.25) is 0 Å². The van der Waals surface area contributed by atoms with Crippen LogP contribution in [0.2, 0.25) is 0 Å². The molecule has 1 fully saturated rings. The minimum atomic E-state index is -0.265. The van der Waals surface area contributed by atoms with Crippen molar-refractivity contribution in [1.82, 2.24) is 9.55 Å². The van der Waals surface area contributed by atoms with Crippen molar-refractivity contribution >= 4 is 38.6 Å². The minimum Gasteiger partial charge on any atom is -0.322 e. The summed E-state index contributed by atoms with van der Waals surface area (Å²) in [5, 5.41) is 0. The lowest BCUT2D eigenvalue weighted by Gasteiger charge is -2.44. The Kier molecular flexibility index (Phi) is 3.80. The predicted molar refractivity (Wildman–Crippen MR) is 83.9 cm³/mol. The van der Waals surface area contributed by atoms with E-state index in [-0.39, 0.29) is 11.4 Å². The quantitative estimate of drug-likeness (QED) is 0.702. The van der Waals surface area contributed by atoms with Crippen LogP contribution < -0.4 is 0 Å². The van der Waals surface area contributed by atoms with Crippen LogP contribution in [0.4, 0.5) is 4.39 Å². The van der Waals surface area contributed by atoms with Gasteiger partial charge in [-0.15, -0.1) is 11.6 Å². The van der Waals surface area contributed by atoms with Gasteiger partial charge in [0.05, 0.1) is 15.5 Å². The first-order valence-electron chi connectivity index (χ1n) is 7.04. The van der Waals surface area contributed by atoms with Crippen molar-refractivity contribution in [3.63, 3.8) is 0 Å². The number of aryl methyl sites for hydroxylation is 1. The number of benzene rings is 1. The van der Waals surface area contributed by atoms with Gasteiger partial charge in [-0.2, -0.15) is 0 Å². The molecular weight excluding hydrogens is 343 g/mol. The minimum absolute atomic E-state index is 0.146. The number of rotatable bonds is 4. The van der Waals surface area contributed by atoms with Crippen LogP contribution in [0.25, 0.3) is 11.0 Å². The van der Waals surface area contributed by atoms with Crippen LogP contribution in [0, 0.1) is 5.82 Å². The average Bonchev–Trinajstić information content (AvgIpc) is 2.69. The van der Waals surface area contributed by atoms with E-state index in [1.165, 1.54) is 25.3 Å². The molecule has 0 unspecified atom stereocenters. The van der Waals surface area contributed by atoms with Crippen LogP contribution in [0.3, 0.4) is 0 Å². The normalized spacial score (nSPS) is 17.4. The van der Waals surface area contributed by atoms with E-state index in [9.17, 15) is 4.39 Å². The molecule has 0 aliphatic heterocycles. The van der Waals surface area contributed by atoms with E-state index in [2.05, 4.69) is 32.4 Å². The van der Waals surface area contributed by atoms with Gasteiger partial charge in [-0.05, 0) is 47.7 Å². The predicted octanol–water partition coefficient (Wildman–Crippen LogP) is 5.01. The number of aromatic nitrogens is 2. The van der Waals surface area contributed by atoms with Crippen molar-refractivity contribution in [3.8, 4) is 0 Å². The van der Waals surface area contributed by atoms with Crippen molar-refractivity contribution in [2.24, 2.45) is 0 Å². The Labute approximate surface area is 131 Å². The summed E-state index contributed by atoms with van der Waals surface area (Å²) in [6.07, 6.45) is 5.37. The standard InChI is InChI=1S/C15H17BrClFN2/c1-2-15(5-3-6-15)20-13-8-10(16)11(18)9-12(13)19-14(20)4-7-17/h8-9H,2-7H2,1H3. The van der Waals surface area contributed by atoms with Crippen molar-refractivity contribution in [3.05, 3.63) is 28.2 Å². The van der Waals surface area contributed by atoms with Crippen molar-refractivity contribution < 1.29 is 4.39 Å². The molecule has 3 rings (SSSR count). The van der Waals surface area contributed by atoms with Gasteiger partial charge >= 0.3 is 0 Å². The zero-order valence-corrected chi connectivity index (χ0v) is 13.8. The smallest absolute Gasteiger partial charge is 0.139 e. The fraction of sp³-hybridized carbons (Fsp3) is 0.533. The van der Waals surface area contributed by atoms with E-state index >= 15 is 0 Å². The Morgan fingerprint density at radius 2 is 2.20 bits per heavy atom. The number of fused-ring (bicyclic) bond motifs is 1. The fourth-order valence-electron chi connectivity index (χ4n) is 3.22. The van der Waals surface area contributed by atoms with Crippen molar-refractivity contribution in [2.45, 2.75) is 44.6 Å². The lowest BCUT2D eigenvalue weighted by atomic mass is 9.74. The molecule has 2 nitrogen and oxygen atoms in total. The number of hydrogen-bond donors (Lipinski definition) is 0. The highest BCUT2D eigenvalue weighted by Gasteiger charge is 2.39. The van der Waals surface area contributed by atoms with Gasteiger partial charge in [0, 0.05) is 23.9 Å². The zero-order valence-electron chi connectivity index (χ0n) is 11.4. The van der Waals surface area contributed by atoms with Crippen molar-refractivity contribution in [2.75, 3.05) is 5.88 Å². The number of alkyl halides is 1. The summed E-state index contributed by atoms with van der Waals surface area (Å²) >= 11 is 9.20. The summed E-state index contributed by atoms with van der Waals surface area (Å²) in [5.74, 6) is 1.25. The van der Waals surface area contributed by atoms with Crippen LogP contribution in [-0.2, 0) is 12.0 Å². The van der Waals surface area contributed by atoms with Crippen LogP contribution in [0.15, 0.2) is 16.6 Å². The van der Waals surface area contributed by atoms with Crippen LogP contribution in [-0.4, -0.2) is 15.4 Å². The zero-order chi connectivity index (χ0) is 14.3. The van der Waals surface area contributed by atoms with E-state index in [1.54, 1.807) is 0 Å². The molecule has 0 saturated heterocycles. The molecule has 0 bridgehead atoms. The second kappa shape index (κ2) is 5.30. The molecule has 1 heterocycles. The number of halogens is 3. The van der Waals surface area contributed by atoms with Gasteiger partial charge in [0.15, 0.2) is 0 Å². The lowest BCUT2D eigenvalue weighted by Crippen LogP contribution is -2.41. The molecule has 0 spiro atoms. The summed E-state index contributed by atoms with van der Waals surface area (Å²) in [6, 6.07) is 3.36. The highest BCUT2D eigenvalue weighted by molar-refractivity contribution is 9.10. The first-order chi connectivity index (χ1) is 9.61. The third kappa shape index (κ3) is 2.08. The van der Waals surface area contributed by atoms with E-state index < -0.39 is 0 Å². The summed E-state index contributed by atoms with van der Waals surface area (Å²) in [7, 11) is 0. The molecule has 1 aliphatic rings. The van der Waals surface area contributed by atoms with Crippen LogP contribution in [0.1, 0.15) is 38.4 Å². The molecular formula is C15H17BrClFN2. The molecule has 0 N–H and O–H groups in total. The summed E-state index contributed by atoms with van der Waals surface area (Å²) < 4.78 is 16.5. The molecule has 0 atom stereocenters. The fourth-order valence-corrected chi connectivity index (χ4v) is 3.72. The molecule has 5 heteroatoms. The van der Waals surface area contributed by atoms with E-state index in [4.69, 9.17) is 11.6 Å². The Morgan fingerprint density at radius 3 is 2.75 bits per heavy atom. The van der Waals surface area contributed by atoms with Gasteiger partial charge in [-0.25, -0.2) is 9.37 Å². The topological polar surface area (TPSA) is 17.8 Å². The lowest BCUT2D eigenvalue weighted by molar-refractivity contribution is 0.137. The number of imidazole rings is 1. The third-order valence-corrected chi connectivity index (χ3v) is 5.30. The maximum absolute atomic E-state index is 13.7. The first kappa shape index (κ1) is 14.3. The highest BCUT2D eigenvalue weighted by atomic mass is 79.9. The Hall–Kier alpha value is -0.610. The van der Waals surface area contributed by atoms with Gasteiger partial charge in [-0.3, -0.25) is 0 Å². The Bertz CT molecular complexity index is 643. The molecule has 0 radical (unpaired) electrons. The number of nitrogens with zero attached hydrogens (tertiary/aromatic N) is 2. The van der Waals surface area contributed by atoms with E-state index in [1.807, 2.05) is 6.07 Å². The maximum atomic E-state index is 13.7. The van der Waals surface area contributed by atoms with Crippen molar-refractivity contribution in [1.29, 1.82) is 0 Å². The van der Waals surface area contributed by atoms with E-state index in [0.29, 0.717) is 10.4 Å². The second-order valence-corrected chi connectivity index (χ2v) is 6.72. The summed E-state index contributed by atoms with van der Waals surface area (Å²) in [6.45, 7) is 2.22. The van der Waals surface area contributed by atoms with Gasteiger partial charge in [0.25, 0.3) is 0 Å². The largest absolute Gasteiger partial charge is 0.322 e. The molecule has 1 aliphatic carbocycles. The third-order valence-electron chi connectivity index (χ3n) is 4.50. The molecule has 1 aromatic carbocycles. The SMILES string of the molecule is CCC1(n2c(CCCl)nc3cc(F)c(Br)cc32)CCC1. The summed E-state index contributed by atoms with van der Waals surface area (Å²) in [5.41, 5.74) is 1.89.